The number of alkyl halides is 1. The van der Waals surface area contributed by atoms with Gasteiger partial charge in [-0.15, -0.1) is 0 Å². The van der Waals surface area contributed by atoms with Crippen LogP contribution in [0.3, 0.4) is 0 Å². The summed E-state index contributed by atoms with van der Waals surface area (Å²) in [6.07, 6.45) is 2.16. The van der Waals surface area contributed by atoms with Gasteiger partial charge in [-0.1, -0.05) is 48.1 Å². The number of aliphatic imine (C=N–C) groups is 2. The Labute approximate surface area is 164 Å². The number of halogens is 1. The van der Waals surface area contributed by atoms with Crippen molar-refractivity contribution >= 4 is 40.7 Å². The zero-order valence-electron chi connectivity index (χ0n) is 15.6. The summed E-state index contributed by atoms with van der Waals surface area (Å²) < 4.78 is 0. The van der Waals surface area contributed by atoms with Crippen LogP contribution in [0, 0.1) is 13.8 Å². The molecule has 1 aliphatic rings. The number of anilines is 1. The summed E-state index contributed by atoms with van der Waals surface area (Å²) in [5.74, 6) is 1.62. The maximum absolute atomic E-state index is 6.12. The predicted octanol–water partition coefficient (Wildman–Crippen LogP) is 4.48. The molecule has 0 radical (unpaired) electrons. The van der Waals surface area contributed by atoms with Crippen LogP contribution in [0.4, 0.5) is 5.69 Å². The van der Waals surface area contributed by atoms with E-state index in [1.54, 1.807) is 18.0 Å². The minimum atomic E-state index is -0.266. The minimum Gasteiger partial charge on any atom is -0.404 e. The number of para-hydroxylation sites is 1. The number of hydrogen-bond donors (Lipinski definition) is 3. The van der Waals surface area contributed by atoms with Gasteiger partial charge < -0.3 is 16.4 Å². The molecule has 0 amide bonds. The summed E-state index contributed by atoms with van der Waals surface area (Å²) in [5.41, 5.74) is 9.71. The number of benzene rings is 1. The van der Waals surface area contributed by atoms with Gasteiger partial charge in [-0.05, 0) is 38.8 Å². The quantitative estimate of drug-likeness (QED) is 0.379. The molecule has 0 fully saturated rings. The first-order valence-electron chi connectivity index (χ1n) is 8.43. The van der Waals surface area contributed by atoms with Crippen LogP contribution in [0.1, 0.15) is 31.4 Å². The molecule has 5 nitrogen and oxygen atoms in total. The molecule has 2 rings (SSSR count). The van der Waals surface area contributed by atoms with Gasteiger partial charge in [-0.25, -0.2) is 0 Å². The Kier molecular flexibility index (Phi) is 7.17. The van der Waals surface area contributed by atoms with E-state index in [1.807, 2.05) is 19.9 Å². The predicted molar refractivity (Wildman–Crippen MR) is 116 cm³/mol. The van der Waals surface area contributed by atoms with Gasteiger partial charge in [-0.3, -0.25) is 9.98 Å². The molecule has 2 atom stereocenters. The number of hydrogen-bond acceptors (Lipinski definition) is 5. The van der Waals surface area contributed by atoms with Crippen molar-refractivity contribution in [3.8, 4) is 0 Å². The molecule has 140 valence electrons. The van der Waals surface area contributed by atoms with Crippen LogP contribution in [0.25, 0.3) is 0 Å². The second-order valence-corrected chi connectivity index (χ2v) is 8.03. The topological polar surface area (TPSA) is 74.8 Å². The van der Waals surface area contributed by atoms with Crippen molar-refractivity contribution in [2.45, 2.75) is 45.0 Å². The summed E-state index contributed by atoms with van der Waals surface area (Å²) in [5, 5.41) is 6.51. The monoisotopic (exact) mass is 391 g/mol. The first-order chi connectivity index (χ1) is 12.3. The Balaban J connectivity index is 2.05. The maximum atomic E-state index is 6.12. The fourth-order valence-corrected chi connectivity index (χ4v) is 3.77. The van der Waals surface area contributed by atoms with Crippen molar-refractivity contribution in [3.63, 3.8) is 0 Å². The highest BCUT2D eigenvalue weighted by atomic mass is 35.5. The van der Waals surface area contributed by atoms with E-state index in [4.69, 9.17) is 17.3 Å². The van der Waals surface area contributed by atoms with E-state index in [-0.39, 0.29) is 10.9 Å². The largest absolute Gasteiger partial charge is 0.404 e. The number of aryl methyl sites for hydroxylation is 2. The first kappa shape index (κ1) is 20.4. The highest BCUT2D eigenvalue weighted by Crippen LogP contribution is 2.30. The molecule has 0 aromatic heterocycles. The molecule has 1 heterocycles. The third-order valence-corrected chi connectivity index (χ3v) is 5.20. The summed E-state index contributed by atoms with van der Waals surface area (Å²) in [4.78, 5) is 9.78. The highest BCUT2D eigenvalue weighted by Gasteiger charge is 2.17. The second-order valence-electron chi connectivity index (χ2n) is 6.17. The number of nitrogens with zero attached hydrogens (tertiary/aromatic N) is 2. The lowest BCUT2D eigenvalue weighted by Gasteiger charge is -2.20. The van der Waals surface area contributed by atoms with Crippen LogP contribution in [0.15, 0.2) is 51.6 Å². The lowest BCUT2D eigenvalue weighted by Crippen LogP contribution is -2.36. The van der Waals surface area contributed by atoms with Gasteiger partial charge in [0, 0.05) is 28.9 Å². The highest BCUT2D eigenvalue weighted by molar-refractivity contribution is 8.03. The third-order valence-electron chi connectivity index (χ3n) is 3.86. The number of amidine groups is 2. The summed E-state index contributed by atoms with van der Waals surface area (Å²) >= 11 is 7.67. The van der Waals surface area contributed by atoms with Gasteiger partial charge in [0.15, 0.2) is 0 Å². The van der Waals surface area contributed by atoms with E-state index in [2.05, 4.69) is 53.2 Å². The number of nitrogens with one attached hydrogen (secondary N) is 2. The fourth-order valence-electron chi connectivity index (χ4n) is 2.66. The fraction of sp³-hybridized carbons (Fsp3) is 0.368. The van der Waals surface area contributed by atoms with Gasteiger partial charge in [0.2, 0.25) is 0 Å². The molecule has 0 saturated heterocycles. The van der Waals surface area contributed by atoms with E-state index in [0.29, 0.717) is 6.42 Å². The Hall–Kier alpha value is -1.92. The maximum Gasteiger partial charge on any atom is 0.132 e. The van der Waals surface area contributed by atoms with Crippen LogP contribution in [0.5, 0.6) is 0 Å². The van der Waals surface area contributed by atoms with Crippen molar-refractivity contribution < 1.29 is 0 Å². The van der Waals surface area contributed by atoms with Crippen molar-refractivity contribution in [3.05, 3.63) is 52.7 Å². The zero-order chi connectivity index (χ0) is 19.3. The summed E-state index contributed by atoms with van der Waals surface area (Å²) in [6.45, 7) is 12.2. The van der Waals surface area contributed by atoms with E-state index >= 15 is 0 Å². The molecule has 0 spiro atoms. The SMILES string of the molecule is C=C(Nc1c(C)cccc1C)/C(=C/N)SC(C)N=C1CC(Cl)N=C(C)N1. The molecular weight excluding hydrogens is 366 g/mol. The Morgan fingerprint density at radius 2 is 2.12 bits per heavy atom. The molecule has 0 aliphatic carbocycles. The van der Waals surface area contributed by atoms with Crippen molar-refractivity contribution in [1.82, 2.24) is 5.32 Å². The van der Waals surface area contributed by atoms with Gasteiger partial charge in [0.25, 0.3) is 0 Å². The standard InChI is InChI=1S/C19H26ClN5S/c1-11-7-6-8-12(2)19(11)22-13(3)16(10-21)26-15(5)25-18-9-17(20)23-14(4)24-18/h6-8,10,15,17,22H,3,9,21H2,1-2,4-5H3,(H,23,24,25)/b16-10-. The molecule has 4 N–H and O–H groups in total. The van der Waals surface area contributed by atoms with Crippen molar-refractivity contribution in [2.75, 3.05) is 5.32 Å². The molecule has 1 aromatic carbocycles. The zero-order valence-corrected chi connectivity index (χ0v) is 17.2. The van der Waals surface area contributed by atoms with Crippen LogP contribution in [0.2, 0.25) is 0 Å². The first-order valence-corrected chi connectivity index (χ1v) is 9.75. The van der Waals surface area contributed by atoms with Gasteiger partial charge >= 0.3 is 0 Å². The van der Waals surface area contributed by atoms with Gasteiger partial charge in [0.05, 0.1) is 5.37 Å². The number of nitrogens with two attached hydrogens (primary N) is 1. The lowest BCUT2D eigenvalue weighted by atomic mass is 10.1. The van der Waals surface area contributed by atoms with E-state index in [0.717, 1.165) is 39.1 Å². The van der Waals surface area contributed by atoms with Crippen LogP contribution < -0.4 is 16.4 Å². The molecule has 1 aliphatic heterocycles. The van der Waals surface area contributed by atoms with Gasteiger partial charge in [-0.2, -0.15) is 0 Å². The summed E-state index contributed by atoms with van der Waals surface area (Å²) in [7, 11) is 0. The Morgan fingerprint density at radius 1 is 1.46 bits per heavy atom. The van der Waals surface area contributed by atoms with Crippen molar-refractivity contribution in [1.29, 1.82) is 0 Å². The molecule has 2 unspecified atom stereocenters. The van der Waals surface area contributed by atoms with Crippen molar-refractivity contribution in [2.24, 2.45) is 15.7 Å². The van der Waals surface area contributed by atoms with Crippen LogP contribution in [-0.2, 0) is 0 Å². The number of thioether (sulfide) groups is 1. The normalized spacial score (nSPS) is 20.3. The Morgan fingerprint density at radius 3 is 2.69 bits per heavy atom. The second kappa shape index (κ2) is 9.14. The molecule has 1 aromatic rings. The van der Waals surface area contributed by atoms with Crippen LogP contribution in [-0.4, -0.2) is 22.5 Å². The molecular formula is C19H26ClN5S. The smallest absolute Gasteiger partial charge is 0.132 e. The van der Waals surface area contributed by atoms with E-state index < -0.39 is 0 Å². The van der Waals surface area contributed by atoms with E-state index in [9.17, 15) is 0 Å². The average molecular weight is 392 g/mol. The molecule has 26 heavy (non-hydrogen) atoms. The lowest BCUT2D eigenvalue weighted by molar-refractivity contribution is 0.869. The Bertz CT molecular complexity index is 749. The summed E-state index contributed by atoms with van der Waals surface area (Å²) in [6, 6.07) is 6.17. The minimum absolute atomic E-state index is 0.0430. The van der Waals surface area contributed by atoms with E-state index in [1.165, 1.54) is 0 Å². The van der Waals surface area contributed by atoms with Gasteiger partial charge in [0.1, 0.15) is 17.2 Å². The molecule has 0 saturated carbocycles. The number of rotatable bonds is 6. The average Bonchev–Trinajstić information content (AvgIpc) is 2.55. The third kappa shape index (κ3) is 5.54. The molecule has 0 bridgehead atoms. The molecule has 7 heteroatoms. The van der Waals surface area contributed by atoms with Crippen LogP contribution >= 0.6 is 23.4 Å².